The van der Waals surface area contributed by atoms with Crippen LogP contribution in [-0.2, 0) is 4.79 Å². The highest BCUT2D eigenvalue weighted by atomic mass is 19.1. The standard InChI is InChI=1S/C31H37FN2O4/c1-21(2)30-27(16-15-25(35)19-26(36)20-28(37)38)29(22-11-13-24(32)14-12-22)31(23-9-5-3-6-10-23)34(30)33-17-7-4-8-18-33/h3,5-6,9-16,21,25-26,35-36H,4,7-8,17-20H2,1-2H3,(H,37,38)/p-1/b16-15+. The lowest BCUT2D eigenvalue weighted by Gasteiger charge is -2.34. The van der Waals surface area contributed by atoms with Gasteiger partial charge in [-0.3, -0.25) is 4.68 Å². The van der Waals surface area contributed by atoms with E-state index in [4.69, 9.17) is 0 Å². The first-order chi connectivity index (χ1) is 18.3. The molecule has 4 rings (SSSR count). The van der Waals surface area contributed by atoms with Gasteiger partial charge in [-0.25, -0.2) is 4.39 Å². The fraction of sp³-hybridized carbons (Fsp3) is 0.387. The van der Waals surface area contributed by atoms with Gasteiger partial charge in [-0.2, -0.15) is 0 Å². The molecule has 38 heavy (non-hydrogen) atoms. The van der Waals surface area contributed by atoms with Crippen LogP contribution in [0.2, 0.25) is 0 Å². The van der Waals surface area contributed by atoms with E-state index >= 15 is 0 Å². The summed E-state index contributed by atoms with van der Waals surface area (Å²) in [7, 11) is 0. The molecule has 0 bridgehead atoms. The number of nitrogens with zero attached hydrogens (tertiary/aromatic N) is 2. The van der Waals surface area contributed by atoms with Gasteiger partial charge in [-0.1, -0.05) is 68.5 Å². The van der Waals surface area contributed by atoms with Gasteiger partial charge in [0.15, 0.2) is 0 Å². The molecular formula is C31H36FN2O4-. The van der Waals surface area contributed by atoms with Crippen LogP contribution in [0.1, 0.15) is 63.1 Å². The number of carboxylic acids is 1. The van der Waals surface area contributed by atoms with Crippen molar-refractivity contribution in [2.75, 3.05) is 18.1 Å². The molecule has 2 N–H and O–H groups in total. The number of hydrogen-bond acceptors (Lipinski definition) is 5. The van der Waals surface area contributed by atoms with Crippen molar-refractivity contribution in [1.29, 1.82) is 0 Å². The van der Waals surface area contributed by atoms with Gasteiger partial charge in [-0.05, 0) is 42.9 Å². The fourth-order valence-electron chi connectivity index (χ4n) is 5.30. The number of benzene rings is 2. The van der Waals surface area contributed by atoms with E-state index in [9.17, 15) is 24.5 Å². The number of piperidine rings is 1. The molecule has 7 heteroatoms. The SMILES string of the molecule is CC(C)c1c(/C=C/C(O)CC(O)CC(=O)[O-])c(-c2ccc(F)cc2)c(-c2ccccc2)n1N1CCCCC1. The van der Waals surface area contributed by atoms with Crippen molar-refractivity contribution in [2.24, 2.45) is 0 Å². The van der Waals surface area contributed by atoms with E-state index in [1.807, 2.05) is 24.3 Å². The molecule has 3 aromatic rings. The van der Waals surface area contributed by atoms with Crippen molar-refractivity contribution in [2.45, 2.75) is 64.1 Å². The summed E-state index contributed by atoms with van der Waals surface area (Å²) in [6, 6.07) is 16.6. The van der Waals surface area contributed by atoms with Gasteiger partial charge in [-0.15, -0.1) is 0 Å². The highest BCUT2D eigenvalue weighted by molar-refractivity contribution is 5.90. The molecule has 0 aliphatic carbocycles. The molecule has 202 valence electrons. The van der Waals surface area contributed by atoms with E-state index < -0.39 is 24.6 Å². The smallest absolute Gasteiger partial charge is 0.123 e. The Labute approximate surface area is 223 Å². The van der Waals surface area contributed by atoms with E-state index in [-0.39, 0.29) is 18.2 Å². The third-order valence-electron chi connectivity index (χ3n) is 6.97. The molecule has 0 saturated carbocycles. The summed E-state index contributed by atoms with van der Waals surface area (Å²) in [6.07, 6.45) is 3.92. The number of rotatable bonds is 10. The summed E-state index contributed by atoms with van der Waals surface area (Å²) < 4.78 is 16.3. The normalized spacial score (nSPS) is 15.8. The second-order valence-corrected chi connectivity index (χ2v) is 10.3. The minimum Gasteiger partial charge on any atom is -0.550 e. The lowest BCUT2D eigenvalue weighted by Crippen LogP contribution is -2.40. The van der Waals surface area contributed by atoms with Crippen LogP contribution in [-0.4, -0.2) is 46.2 Å². The lowest BCUT2D eigenvalue weighted by molar-refractivity contribution is -0.307. The van der Waals surface area contributed by atoms with E-state index in [0.717, 1.165) is 59.6 Å². The number of carboxylic acid groups (broad SMARTS) is 1. The van der Waals surface area contributed by atoms with Gasteiger partial charge in [0, 0.05) is 48.6 Å². The molecule has 1 fully saturated rings. The highest BCUT2D eigenvalue weighted by Crippen LogP contribution is 2.43. The van der Waals surface area contributed by atoms with Crippen molar-refractivity contribution < 1.29 is 24.5 Å². The van der Waals surface area contributed by atoms with Crippen LogP contribution >= 0.6 is 0 Å². The van der Waals surface area contributed by atoms with Crippen molar-refractivity contribution in [3.63, 3.8) is 0 Å². The van der Waals surface area contributed by atoms with Crippen LogP contribution in [0.5, 0.6) is 0 Å². The Morgan fingerprint density at radius 2 is 1.66 bits per heavy atom. The number of carbonyl (C=O) groups excluding carboxylic acids is 1. The lowest BCUT2D eigenvalue weighted by atomic mass is 9.94. The Kier molecular flexibility index (Phi) is 9.02. The first-order valence-electron chi connectivity index (χ1n) is 13.4. The summed E-state index contributed by atoms with van der Waals surface area (Å²) in [5.41, 5.74) is 5.81. The monoisotopic (exact) mass is 519 g/mol. The van der Waals surface area contributed by atoms with Gasteiger partial charge >= 0.3 is 0 Å². The first-order valence-corrected chi connectivity index (χ1v) is 13.4. The molecular weight excluding hydrogens is 483 g/mol. The molecule has 6 nitrogen and oxygen atoms in total. The fourth-order valence-corrected chi connectivity index (χ4v) is 5.30. The van der Waals surface area contributed by atoms with E-state index in [2.05, 4.69) is 35.7 Å². The molecule has 1 saturated heterocycles. The van der Waals surface area contributed by atoms with E-state index in [1.54, 1.807) is 18.2 Å². The van der Waals surface area contributed by atoms with Crippen LogP contribution in [0.3, 0.4) is 0 Å². The minimum absolute atomic E-state index is 0.119. The minimum atomic E-state index is -1.36. The molecule has 0 radical (unpaired) electrons. The summed E-state index contributed by atoms with van der Waals surface area (Å²) in [5, 5.41) is 33.8. The zero-order chi connectivity index (χ0) is 27.2. The van der Waals surface area contributed by atoms with Gasteiger partial charge in [0.05, 0.1) is 23.6 Å². The molecule has 2 heterocycles. The van der Waals surface area contributed by atoms with E-state index in [1.165, 1.54) is 18.6 Å². The maximum absolute atomic E-state index is 14.0. The topological polar surface area (TPSA) is 88.8 Å². The van der Waals surface area contributed by atoms with Crippen LogP contribution in [0.25, 0.3) is 28.5 Å². The Morgan fingerprint density at radius 3 is 2.26 bits per heavy atom. The summed E-state index contributed by atoms with van der Waals surface area (Å²) in [4.78, 5) is 10.8. The molecule has 1 aliphatic rings. The average Bonchev–Trinajstić information content (AvgIpc) is 3.24. The molecule has 0 amide bonds. The Bertz CT molecular complexity index is 1250. The molecule has 2 atom stereocenters. The number of halogens is 1. The quantitative estimate of drug-likeness (QED) is 0.413. The second kappa shape index (κ2) is 12.4. The zero-order valence-corrected chi connectivity index (χ0v) is 22.0. The van der Waals surface area contributed by atoms with Crippen molar-refractivity contribution in [3.05, 3.63) is 77.7 Å². The molecule has 1 aromatic heterocycles. The maximum Gasteiger partial charge on any atom is 0.123 e. The summed E-state index contributed by atoms with van der Waals surface area (Å²) in [5.74, 6) is -1.56. The van der Waals surface area contributed by atoms with Gasteiger partial charge in [0.2, 0.25) is 0 Å². The van der Waals surface area contributed by atoms with Crippen LogP contribution in [0.4, 0.5) is 4.39 Å². The highest BCUT2D eigenvalue weighted by Gasteiger charge is 2.29. The Balaban J connectivity index is 1.94. The van der Waals surface area contributed by atoms with Crippen LogP contribution in [0, 0.1) is 5.82 Å². The number of aliphatic carboxylic acids is 1. The van der Waals surface area contributed by atoms with Crippen molar-refractivity contribution in [3.8, 4) is 22.4 Å². The molecule has 2 aromatic carbocycles. The number of aliphatic hydroxyl groups excluding tert-OH is 2. The predicted molar refractivity (Wildman–Crippen MR) is 146 cm³/mol. The van der Waals surface area contributed by atoms with Crippen LogP contribution in [0.15, 0.2) is 60.7 Å². The maximum atomic E-state index is 14.0. The molecule has 2 unspecified atom stereocenters. The third-order valence-corrected chi connectivity index (χ3v) is 6.97. The number of aliphatic hydroxyl groups is 2. The van der Waals surface area contributed by atoms with Gasteiger partial charge < -0.3 is 25.1 Å². The van der Waals surface area contributed by atoms with Crippen LogP contribution < -0.4 is 10.1 Å². The largest absolute Gasteiger partial charge is 0.550 e. The molecule has 0 spiro atoms. The van der Waals surface area contributed by atoms with Crippen molar-refractivity contribution >= 4 is 12.0 Å². The second-order valence-electron chi connectivity index (χ2n) is 10.3. The number of aromatic nitrogens is 1. The van der Waals surface area contributed by atoms with Gasteiger partial charge in [0.25, 0.3) is 0 Å². The summed E-state index contributed by atoms with van der Waals surface area (Å²) >= 11 is 0. The number of hydrogen-bond donors (Lipinski definition) is 2. The Hall–Kier alpha value is -3.42. The van der Waals surface area contributed by atoms with E-state index in [0.29, 0.717) is 0 Å². The number of carbonyl (C=O) groups is 1. The van der Waals surface area contributed by atoms with Crippen molar-refractivity contribution in [1.82, 2.24) is 4.68 Å². The molecule has 1 aliphatic heterocycles. The first kappa shape index (κ1) is 27.6. The third kappa shape index (κ3) is 6.34. The average molecular weight is 520 g/mol. The Morgan fingerprint density at radius 1 is 1.00 bits per heavy atom. The van der Waals surface area contributed by atoms with Gasteiger partial charge in [0.1, 0.15) is 5.82 Å². The predicted octanol–water partition coefficient (Wildman–Crippen LogP) is 4.47. The zero-order valence-electron chi connectivity index (χ0n) is 22.0. The summed E-state index contributed by atoms with van der Waals surface area (Å²) in [6.45, 7) is 6.10.